The van der Waals surface area contributed by atoms with Crippen molar-refractivity contribution in [2.24, 2.45) is 5.73 Å². The maximum atomic E-state index is 13.5. The highest BCUT2D eigenvalue weighted by Crippen LogP contribution is 2.34. The van der Waals surface area contributed by atoms with Crippen LogP contribution in [0.15, 0.2) is 18.2 Å². The van der Waals surface area contributed by atoms with Gasteiger partial charge in [-0.2, -0.15) is 0 Å². The molecule has 5 heteroatoms. The lowest BCUT2D eigenvalue weighted by Crippen LogP contribution is -2.15. The molecule has 2 atom stereocenters. The van der Waals surface area contributed by atoms with Gasteiger partial charge in [-0.25, -0.2) is 4.39 Å². The average Bonchev–Trinajstić information content (AvgIpc) is 2.67. The molecule has 0 aromatic heterocycles. The SMILES string of the molecule is NCCC1COC(c2c(F)cccc2Cl)O1. The van der Waals surface area contributed by atoms with E-state index < -0.39 is 12.1 Å². The molecule has 88 valence electrons. The normalized spacial score (nSPS) is 24.9. The van der Waals surface area contributed by atoms with Crippen LogP contribution in [0.3, 0.4) is 0 Å². The van der Waals surface area contributed by atoms with E-state index in [1.807, 2.05) is 0 Å². The Morgan fingerprint density at radius 1 is 1.50 bits per heavy atom. The molecule has 0 aliphatic carbocycles. The van der Waals surface area contributed by atoms with E-state index in [-0.39, 0.29) is 11.7 Å². The summed E-state index contributed by atoms with van der Waals surface area (Å²) in [6, 6.07) is 4.50. The Morgan fingerprint density at radius 2 is 2.31 bits per heavy atom. The highest BCUT2D eigenvalue weighted by molar-refractivity contribution is 6.31. The Kier molecular flexibility index (Phi) is 3.76. The van der Waals surface area contributed by atoms with Crippen molar-refractivity contribution in [3.8, 4) is 0 Å². The molecule has 2 unspecified atom stereocenters. The summed E-state index contributed by atoms with van der Waals surface area (Å²) >= 11 is 5.91. The number of ether oxygens (including phenoxy) is 2. The molecule has 1 heterocycles. The van der Waals surface area contributed by atoms with Crippen molar-refractivity contribution in [1.29, 1.82) is 0 Å². The molecule has 0 spiro atoms. The molecular weight excluding hydrogens is 233 g/mol. The molecule has 0 amide bonds. The first-order valence-corrected chi connectivity index (χ1v) is 5.51. The largest absolute Gasteiger partial charge is 0.346 e. The number of rotatable bonds is 3. The lowest BCUT2D eigenvalue weighted by Gasteiger charge is -2.13. The zero-order valence-corrected chi connectivity index (χ0v) is 9.41. The van der Waals surface area contributed by atoms with E-state index in [2.05, 4.69) is 0 Å². The van der Waals surface area contributed by atoms with Gasteiger partial charge >= 0.3 is 0 Å². The molecule has 0 radical (unpaired) electrons. The fourth-order valence-corrected chi connectivity index (χ4v) is 1.92. The zero-order chi connectivity index (χ0) is 11.5. The van der Waals surface area contributed by atoms with Crippen LogP contribution in [0, 0.1) is 5.82 Å². The summed E-state index contributed by atoms with van der Waals surface area (Å²) in [6.45, 7) is 0.943. The highest BCUT2D eigenvalue weighted by atomic mass is 35.5. The molecule has 0 bridgehead atoms. The molecule has 2 rings (SSSR count). The van der Waals surface area contributed by atoms with E-state index in [9.17, 15) is 4.39 Å². The van der Waals surface area contributed by atoms with Gasteiger partial charge in [-0.05, 0) is 25.1 Å². The van der Waals surface area contributed by atoms with Gasteiger partial charge < -0.3 is 15.2 Å². The van der Waals surface area contributed by atoms with Crippen LogP contribution in [-0.2, 0) is 9.47 Å². The van der Waals surface area contributed by atoms with Gasteiger partial charge in [0, 0.05) is 0 Å². The predicted octanol–water partition coefficient (Wildman–Crippen LogP) is 2.24. The van der Waals surface area contributed by atoms with Gasteiger partial charge in [0.1, 0.15) is 5.82 Å². The van der Waals surface area contributed by atoms with E-state index in [1.54, 1.807) is 12.1 Å². The summed E-state index contributed by atoms with van der Waals surface area (Å²) in [5.74, 6) is -0.411. The van der Waals surface area contributed by atoms with E-state index >= 15 is 0 Å². The first kappa shape index (κ1) is 11.8. The van der Waals surface area contributed by atoms with Gasteiger partial charge in [-0.1, -0.05) is 17.7 Å². The summed E-state index contributed by atoms with van der Waals surface area (Å²) in [6.07, 6.45) is -0.0984. The Bertz CT molecular complexity index is 355. The van der Waals surface area contributed by atoms with E-state index in [1.165, 1.54) is 6.07 Å². The predicted molar refractivity (Wildman–Crippen MR) is 58.6 cm³/mol. The number of halogens is 2. The van der Waals surface area contributed by atoms with Crippen LogP contribution in [0.5, 0.6) is 0 Å². The molecule has 1 saturated heterocycles. The molecule has 1 aromatic carbocycles. The van der Waals surface area contributed by atoms with Gasteiger partial charge in [0.05, 0.1) is 23.3 Å². The van der Waals surface area contributed by atoms with Crippen molar-refractivity contribution in [1.82, 2.24) is 0 Å². The maximum Gasteiger partial charge on any atom is 0.188 e. The topological polar surface area (TPSA) is 44.5 Å². The molecule has 2 N–H and O–H groups in total. The first-order chi connectivity index (χ1) is 7.72. The van der Waals surface area contributed by atoms with Crippen LogP contribution < -0.4 is 5.73 Å². The van der Waals surface area contributed by atoms with Crippen LogP contribution in [0.1, 0.15) is 18.3 Å². The van der Waals surface area contributed by atoms with Crippen molar-refractivity contribution >= 4 is 11.6 Å². The fourth-order valence-electron chi connectivity index (χ4n) is 1.67. The molecule has 1 aromatic rings. The van der Waals surface area contributed by atoms with Crippen molar-refractivity contribution in [2.75, 3.05) is 13.2 Å². The number of hydrogen-bond donors (Lipinski definition) is 1. The average molecular weight is 246 g/mol. The molecule has 1 fully saturated rings. The Labute approximate surface area is 98.3 Å². The quantitative estimate of drug-likeness (QED) is 0.888. The van der Waals surface area contributed by atoms with Gasteiger partial charge in [-0.15, -0.1) is 0 Å². The van der Waals surface area contributed by atoms with E-state index in [0.29, 0.717) is 24.6 Å². The third kappa shape index (κ3) is 2.35. The maximum absolute atomic E-state index is 13.5. The standard InChI is InChI=1S/C11H13ClFNO2/c12-8-2-1-3-9(13)10(8)11-15-6-7(16-11)4-5-14/h1-3,7,11H,4-6,14H2. The second-order valence-corrected chi connectivity index (χ2v) is 4.04. The summed E-state index contributed by atoms with van der Waals surface area (Å²) in [5, 5.41) is 0.318. The van der Waals surface area contributed by atoms with Crippen molar-refractivity contribution < 1.29 is 13.9 Å². The minimum absolute atomic E-state index is 0.0781. The minimum atomic E-state index is -0.717. The van der Waals surface area contributed by atoms with Crippen molar-refractivity contribution in [3.63, 3.8) is 0 Å². The Morgan fingerprint density at radius 3 is 3.00 bits per heavy atom. The third-order valence-corrected chi connectivity index (χ3v) is 2.80. The molecule has 1 aliphatic heterocycles. The van der Waals surface area contributed by atoms with Gasteiger partial charge in [0.2, 0.25) is 0 Å². The van der Waals surface area contributed by atoms with Gasteiger partial charge in [0.15, 0.2) is 6.29 Å². The van der Waals surface area contributed by atoms with Gasteiger partial charge in [0.25, 0.3) is 0 Å². The molecule has 3 nitrogen and oxygen atoms in total. The smallest absolute Gasteiger partial charge is 0.188 e. The summed E-state index contributed by atoms with van der Waals surface area (Å²) < 4.78 is 24.4. The zero-order valence-electron chi connectivity index (χ0n) is 8.66. The highest BCUT2D eigenvalue weighted by Gasteiger charge is 2.30. The second kappa shape index (κ2) is 5.10. The van der Waals surface area contributed by atoms with E-state index in [0.717, 1.165) is 0 Å². The van der Waals surface area contributed by atoms with Crippen LogP contribution >= 0.6 is 11.6 Å². The molecule has 1 aliphatic rings. The lowest BCUT2D eigenvalue weighted by molar-refractivity contribution is -0.0627. The lowest BCUT2D eigenvalue weighted by atomic mass is 10.2. The Balaban J connectivity index is 2.14. The van der Waals surface area contributed by atoms with Crippen LogP contribution in [0.4, 0.5) is 4.39 Å². The third-order valence-electron chi connectivity index (χ3n) is 2.47. The second-order valence-electron chi connectivity index (χ2n) is 3.64. The molecule has 0 saturated carbocycles. The summed E-state index contributed by atoms with van der Waals surface area (Å²) in [7, 11) is 0. The molecule has 16 heavy (non-hydrogen) atoms. The van der Waals surface area contributed by atoms with Crippen LogP contribution in [-0.4, -0.2) is 19.3 Å². The van der Waals surface area contributed by atoms with Crippen LogP contribution in [0.25, 0.3) is 0 Å². The number of hydrogen-bond acceptors (Lipinski definition) is 3. The van der Waals surface area contributed by atoms with Crippen molar-refractivity contribution in [2.45, 2.75) is 18.8 Å². The fraction of sp³-hybridized carbons (Fsp3) is 0.455. The Hall–Kier alpha value is -0.680. The number of nitrogens with two attached hydrogens (primary N) is 1. The van der Waals surface area contributed by atoms with Gasteiger partial charge in [-0.3, -0.25) is 0 Å². The minimum Gasteiger partial charge on any atom is -0.346 e. The first-order valence-electron chi connectivity index (χ1n) is 5.13. The number of benzene rings is 1. The molecular formula is C11H13ClFNO2. The van der Waals surface area contributed by atoms with E-state index in [4.69, 9.17) is 26.8 Å². The van der Waals surface area contributed by atoms with Crippen molar-refractivity contribution in [3.05, 3.63) is 34.6 Å². The monoisotopic (exact) mass is 245 g/mol. The summed E-state index contributed by atoms with van der Waals surface area (Å²) in [4.78, 5) is 0. The van der Waals surface area contributed by atoms with Crippen LogP contribution in [0.2, 0.25) is 5.02 Å². The summed E-state index contributed by atoms with van der Waals surface area (Å²) in [5.41, 5.74) is 5.68.